The van der Waals surface area contributed by atoms with Gasteiger partial charge in [-0.2, -0.15) is 4.98 Å². The normalized spacial score (nSPS) is 29.2. The summed E-state index contributed by atoms with van der Waals surface area (Å²) in [6, 6.07) is 2.96. The topological polar surface area (TPSA) is 138 Å². The fourth-order valence-corrected chi connectivity index (χ4v) is 4.66. The molecular weight excluding hydrogens is 388 g/mol. The molecule has 5 atom stereocenters. The molecule has 3 heterocycles. The van der Waals surface area contributed by atoms with Crippen molar-refractivity contribution in [2.75, 3.05) is 19.4 Å². The molecule has 30 heavy (non-hydrogen) atoms. The van der Waals surface area contributed by atoms with Crippen LogP contribution in [0.1, 0.15) is 24.0 Å². The number of anilines is 1. The number of imidazole rings is 1. The van der Waals surface area contributed by atoms with Crippen molar-refractivity contribution in [1.29, 1.82) is 0 Å². The van der Waals surface area contributed by atoms with Gasteiger partial charge in [0.25, 0.3) is 0 Å². The average molecular weight is 408 g/mol. The maximum atomic E-state index is 12.4. The van der Waals surface area contributed by atoms with E-state index in [0.29, 0.717) is 29.2 Å². The number of amides is 1. The van der Waals surface area contributed by atoms with Crippen molar-refractivity contribution in [2.24, 2.45) is 11.3 Å². The Labute approximate surface area is 171 Å². The second-order valence-corrected chi connectivity index (χ2v) is 7.55. The largest absolute Gasteiger partial charge is 0.456 e. The van der Waals surface area contributed by atoms with E-state index in [1.54, 1.807) is 30.1 Å². The Kier molecular flexibility index (Phi) is 4.06. The van der Waals surface area contributed by atoms with Gasteiger partial charge in [-0.25, -0.2) is 9.97 Å². The van der Waals surface area contributed by atoms with E-state index in [9.17, 15) is 15.0 Å². The zero-order valence-corrected chi connectivity index (χ0v) is 16.3. The van der Waals surface area contributed by atoms with Crippen LogP contribution in [0.3, 0.4) is 0 Å². The van der Waals surface area contributed by atoms with Crippen LogP contribution >= 0.6 is 0 Å². The van der Waals surface area contributed by atoms with E-state index < -0.39 is 23.7 Å². The standard InChI is InChI=1S/C20H20N6O4/c1-21-17-14-18(25-12(24-17)6-5-10-4-3-7-30-10)23-9-26(14)13-11-8-20(11,19(29)22-2)16(28)15(13)27/h3-4,7,9,11,13,15-16,27-28H,8H2,1-2H3,(H,22,29)(H,21,24,25)/t11-,13-,15+,16+,20+/m1/s1. The lowest BCUT2D eigenvalue weighted by atomic mass is 9.98. The van der Waals surface area contributed by atoms with Crippen LogP contribution in [0.2, 0.25) is 0 Å². The summed E-state index contributed by atoms with van der Waals surface area (Å²) < 4.78 is 6.95. The fraction of sp³-hybridized carbons (Fsp3) is 0.400. The van der Waals surface area contributed by atoms with Crippen molar-refractivity contribution in [2.45, 2.75) is 24.7 Å². The Bertz CT molecular complexity index is 1190. The van der Waals surface area contributed by atoms with Crippen molar-refractivity contribution in [3.63, 3.8) is 0 Å². The molecule has 2 fully saturated rings. The lowest BCUT2D eigenvalue weighted by Crippen LogP contribution is -2.41. The number of hydrogen-bond donors (Lipinski definition) is 4. The van der Waals surface area contributed by atoms with Crippen LogP contribution < -0.4 is 10.6 Å². The van der Waals surface area contributed by atoms with Gasteiger partial charge >= 0.3 is 0 Å². The molecule has 10 nitrogen and oxygen atoms in total. The predicted octanol–water partition coefficient (Wildman–Crippen LogP) is -0.110. The number of furan rings is 1. The maximum absolute atomic E-state index is 12.4. The van der Waals surface area contributed by atoms with Crippen LogP contribution in [0.4, 0.5) is 5.82 Å². The lowest BCUT2D eigenvalue weighted by Gasteiger charge is -2.24. The Morgan fingerprint density at radius 3 is 2.87 bits per heavy atom. The molecule has 0 aromatic carbocycles. The van der Waals surface area contributed by atoms with E-state index in [0.717, 1.165) is 0 Å². The van der Waals surface area contributed by atoms with Gasteiger partial charge in [0.15, 0.2) is 17.2 Å². The first kappa shape index (κ1) is 18.6. The molecule has 2 aliphatic rings. The Balaban J connectivity index is 1.56. The number of nitrogens with one attached hydrogen (secondary N) is 2. The lowest BCUT2D eigenvalue weighted by molar-refractivity contribution is -0.132. The molecule has 3 aromatic rings. The number of aliphatic hydroxyl groups is 2. The first-order valence-corrected chi connectivity index (χ1v) is 9.57. The maximum Gasteiger partial charge on any atom is 0.229 e. The van der Waals surface area contributed by atoms with E-state index in [1.165, 1.54) is 13.3 Å². The molecule has 0 unspecified atom stereocenters. The van der Waals surface area contributed by atoms with Crippen molar-refractivity contribution >= 4 is 22.9 Å². The molecular formula is C20H20N6O4. The number of fused-ring (bicyclic) bond motifs is 2. The van der Waals surface area contributed by atoms with Crippen LogP contribution in [0.25, 0.3) is 11.2 Å². The third-order valence-corrected chi connectivity index (χ3v) is 6.13. The highest BCUT2D eigenvalue weighted by atomic mass is 16.3. The molecule has 0 spiro atoms. The number of aromatic nitrogens is 4. The Morgan fingerprint density at radius 1 is 1.33 bits per heavy atom. The molecule has 10 heteroatoms. The number of aliphatic hydroxyl groups excluding tert-OH is 2. The number of carbonyl (C=O) groups is 1. The molecule has 4 N–H and O–H groups in total. The van der Waals surface area contributed by atoms with Crippen LogP contribution in [0.15, 0.2) is 29.1 Å². The minimum atomic E-state index is -1.15. The van der Waals surface area contributed by atoms with Gasteiger partial charge in [0.1, 0.15) is 11.6 Å². The van der Waals surface area contributed by atoms with Crippen LogP contribution in [-0.4, -0.2) is 61.9 Å². The molecule has 2 aliphatic carbocycles. The number of nitrogens with zero attached hydrogens (tertiary/aromatic N) is 4. The number of carbonyl (C=O) groups excluding carboxylic acids is 1. The van der Waals surface area contributed by atoms with Gasteiger partial charge in [-0.15, -0.1) is 0 Å². The predicted molar refractivity (Wildman–Crippen MR) is 105 cm³/mol. The minimum Gasteiger partial charge on any atom is -0.456 e. The number of hydrogen-bond acceptors (Lipinski definition) is 8. The van der Waals surface area contributed by atoms with E-state index in [1.807, 2.05) is 0 Å². The van der Waals surface area contributed by atoms with Gasteiger partial charge < -0.3 is 29.8 Å². The molecule has 0 bridgehead atoms. The third-order valence-electron chi connectivity index (χ3n) is 6.13. The monoisotopic (exact) mass is 408 g/mol. The zero-order chi connectivity index (χ0) is 21.0. The number of rotatable bonds is 3. The van der Waals surface area contributed by atoms with Gasteiger partial charge in [0.2, 0.25) is 11.7 Å². The van der Waals surface area contributed by atoms with E-state index in [-0.39, 0.29) is 17.6 Å². The van der Waals surface area contributed by atoms with Crippen LogP contribution in [-0.2, 0) is 4.79 Å². The van der Waals surface area contributed by atoms with Crippen LogP contribution in [0.5, 0.6) is 0 Å². The van der Waals surface area contributed by atoms with Gasteiger partial charge in [0.05, 0.1) is 30.2 Å². The van der Waals surface area contributed by atoms with Crippen molar-refractivity contribution in [3.05, 3.63) is 36.3 Å². The molecule has 0 aliphatic heterocycles. The van der Waals surface area contributed by atoms with Crippen molar-refractivity contribution < 1.29 is 19.4 Å². The molecule has 0 saturated heterocycles. The summed E-state index contributed by atoms with van der Waals surface area (Å²) in [5, 5.41) is 27.0. The molecule has 154 valence electrons. The highest BCUT2D eigenvalue weighted by Gasteiger charge is 2.75. The third kappa shape index (κ3) is 2.46. The molecule has 3 aromatic heterocycles. The molecule has 0 radical (unpaired) electrons. The summed E-state index contributed by atoms with van der Waals surface area (Å²) in [5.74, 6) is 6.50. The summed E-state index contributed by atoms with van der Waals surface area (Å²) in [6.07, 6.45) is 1.33. The van der Waals surface area contributed by atoms with E-state index in [2.05, 4.69) is 37.4 Å². The van der Waals surface area contributed by atoms with Gasteiger partial charge in [-0.05, 0) is 30.4 Å². The van der Waals surface area contributed by atoms with Crippen molar-refractivity contribution in [1.82, 2.24) is 24.8 Å². The smallest absolute Gasteiger partial charge is 0.229 e. The fourth-order valence-electron chi connectivity index (χ4n) is 4.66. The highest BCUT2D eigenvalue weighted by Crippen LogP contribution is 2.67. The summed E-state index contributed by atoms with van der Waals surface area (Å²) in [6.45, 7) is 0. The first-order chi connectivity index (χ1) is 14.5. The second kappa shape index (κ2) is 6.55. The van der Waals surface area contributed by atoms with Crippen LogP contribution in [0, 0.1) is 23.2 Å². The van der Waals surface area contributed by atoms with E-state index in [4.69, 9.17) is 4.42 Å². The Morgan fingerprint density at radius 2 is 2.17 bits per heavy atom. The summed E-state index contributed by atoms with van der Waals surface area (Å²) in [5.41, 5.74) is 0.0136. The quantitative estimate of drug-likeness (QED) is 0.441. The van der Waals surface area contributed by atoms with Gasteiger partial charge in [-0.3, -0.25) is 4.79 Å². The Hall–Kier alpha value is -3.42. The molecule has 1 amide bonds. The SMILES string of the molecule is CNC(=O)[C@@]12C[C@@H]1[C@@H](n1cnc3nc(C#Cc4ccco4)nc(NC)c31)[C@H](O)[C@@H]2O. The summed E-state index contributed by atoms with van der Waals surface area (Å²) in [4.78, 5) is 25.6. The first-order valence-electron chi connectivity index (χ1n) is 9.57. The van der Waals surface area contributed by atoms with Gasteiger partial charge in [0, 0.05) is 20.0 Å². The summed E-state index contributed by atoms with van der Waals surface area (Å²) in [7, 11) is 3.25. The van der Waals surface area contributed by atoms with Gasteiger partial charge in [-0.1, -0.05) is 0 Å². The average Bonchev–Trinajstić information content (AvgIpc) is 3.06. The molecule has 5 rings (SSSR count). The van der Waals surface area contributed by atoms with E-state index >= 15 is 0 Å². The zero-order valence-electron chi connectivity index (χ0n) is 16.3. The highest BCUT2D eigenvalue weighted by molar-refractivity contribution is 5.88. The minimum absolute atomic E-state index is 0.206. The second-order valence-electron chi connectivity index (χ2n) is 7.55. The van der Waals surface area contributed by atoms with Crippen molar-refractivity contribution in [3.8, 4) is 11.8 Å². The summed E-state index contributed by atoms with van der Waals surface area (Å²) >= 11 is 0. The molecule has 2 saturated carbocycles.